The Balaban J connectivity index is 1.34. The number of nitrogens with one attached hydrogen (secondary N) is 1. The maximum Gasteiger partial charge on any atom is 0.410 e. The van der Waals surface area contributed by atoms with Crippen LogP contribution >= 0.6 is 0 Å². The molecule has 9 heteroatoms. The number of anilines is 1. The summed E-state index contributed by atoms with van der Waals surface area (Å²) in [5.41, 5.74) is 4.31. The van der Waals surface area contributed by atoms with Gasteiger partial charge in [-0.1, -0.05) is 12.1 Å². The molecule has 1 aliphatic heterocycles. The first-order valence-electron chi connectivity index (χ1n) is 12.9. The molecule has 0 bridgehead atoms. The molecule has 4 aromatic rings. The van der Waals surface area contributed by atoms with Crippen LogP contribution in [0, 0.1) is 0 Å². The molecular formula is C29H32N6O3. The lowest BCUT2D eigenvalue weighted by atomic mass is 9.94. The largest absolute Gasteiger partial charge is 0.444 e. The van der Waals surface area contributed by atoms with Crippen molar-refractivity contribution in [1.82, 2.24) is 24.5 Å². The molecule has 9 nitrogen and oxygen atoms in total. The average molecular weight is 513 g/mol. The van der Waals surface area contributed by atoms with Crippen LogP contribution in [0.15, 0.2) is 67.1 Å². The van der Waals surface area contributed by atoms with Gasteiger partial charge in [0.15, 0.2) is 0 Å². The first-order chi connectivity index (χ1) is 18.2. The van der Waals surface area contributed by atoms with Crippen molar-refractivity contribution < 1.29 is 14.3 Å². The summed E-state index contributed by atoms with van der Waals surface area (Å²) in [7, 11) is 0. The van der Waals surface area contributed by atoms with E-state index in [-0.39, 0.29) is 24.3 Å². The van der Waals surface area contributed by atoms with Gasteiger partial charge in [-0.15, -0.1) is 0 Å². The van der Waals surface area contributed by atoms with Gasteiger partial charge < -0.3 is 15.0 Å². The Labute approximate surface area is 221 Å². The van der Waals surface area contributed by atoms with Crippen LogP contribution in [0.25, 0.3) is 16.8 Å². The molecule has 1 N–H and O–H groups in total. The Hall–Kier alpha value is -4.27. The summed E-state index contributed by atoms with van der Waals surface area (Å²) >= 11 is 0. The van der Waals surface area contributed by atoms with Gasteiger partial charge in [-0.3, -0.25) is 14.8 Å². The number of ether oxygens (including phenoxy) is 1. The zero-order valence-corrected chi connectivity index (χ0v) is 21.9. The van der Waals surface area contributed by atoms with E-state index < -0.39 is 5.60 Å². The molecule has 38 heavy (non-hydrogen) atoms. The molecule has 1 atom stereocenters. The minimum atomic E-state index is -0.525. The van der Waals surface area contributed by atoms with Crippen molar-refractivity contribution in [3.8, 4) is 11.3 Å². The molecule has 0 saturated carbocycles. The third-order valence-electron chi connectivity index (χ3n) is 6.41. The number of likely N-dealkylation sites (tertiary alicyclic amines) is 1. The van der Waals surface area contributed by atoms with Crippen LogP contribution in [0.2, 0.25) is 0 Å². The van der Waals surface area contributed by atoms with E-state index in [0.29, 0.717) is 24.5 Å². The summed E-state index contributed by atoms with van der Waals surface area (Å²) in [4.78, 5) is 36.2. The number of amides is 2. The van der Waals surface area contributed by atoms with Gasteiger partial charge in [0, 0.05) is 54.0 Å². The third kappa shape index (κ3) is 5.99. The number of pyridine rings is 3. The topological polar surface area (TPSA) is 102 Å². The van der Waals surface area contributed by atoms with Gasteiger partial charge in [-0.2, -0.15) is 5.10 Å². The molecule has 4 aromatic heterocycles. The number of carbonyl (C=O) groups excluding carboxylic acids is 2. The van der Waals surface area contributed by atoms with E-state index in [1.54, 1.807) is 21.8 Å². The number of nitrogens with zero attached hydrogens (tertiary/aromatic N) is 5. The zero-order chi connectivity index (χ0) is 26.7. The quantitative estimate of drug-likeness (QED) is 0.400. The van der Waals surface area contributed by atoms with Crippen molar-refractivity contribution >= 4 is 23.2 Å². The summed E-state index contributed by atoms with van der Waals surface area (Å²) in [6.45, 7) is 6.90. The molecule has 5 heterocycles. The van der Waals surface area contributed by atoms with Crippen LogP contribution in [-0.2, 0) is 16.0 Å². The summed E-state index contributed by atoms with van der Waals surface area (Å²) in [6.07, 6.45) is 7.05. The van der Waals surface area contributed by atoms with Crippen molar-refractivity contribution in [3.63, 3.8) is 0 Å². The smallest absolute Gasteiger partial charge is 0.410 e. The number of fused-ring (bicyclic) bond motifs is 1. The van der Waals surface area contributed by atoms with Crippen LogP contribution in [0.5, 0.6) is 0 Å². The van der Waals surface area contributed by atoms with Crippen LogP contribution in [0.4, 0.5) is 10.5 Å². The molecule has 5 rings (SSSR count). The van der Waals surface area contributed by atoms with Crippen LogP contribution in [0.3, 0.4) is 0 Å². The van der Waals surface area contributed by atoms with Crippen molar-refractivity contribution in [2.45, 2.75) is 51.6 Å². The maximum absolute atomic E-state index is 12.6. The highest BCUT2D eigenvalue weighted by molar-refractivity contribution is 5.93. The van der Waals surface area contributed by atoms with E-state index in [4.69, 9.17) is 9.72 Å². The van der Waals surface area contributed by atoms with Gasteiger partial charge in [-0.05, 0) is 70.0 Å². The first kappa shape index (κ1) is 25.4. The molecule has 1 fully saturated rings. The summed E-state index contributed by atoms with van der Waals surface area (Å²) in [5, 5.41) is 7.43. The minimum absolute atomic E-state index is 0.125. The van der Waals surface area contributed by atoms with Crippen LogP contribution in [-0.4, -0.2) is 55.2 Å². The van der Waals surface area contributed by atoms with Gasteiger partial charge >= 0.3 is 6.09 Å². The fraction of sp³-hybridized carbons (Fsp3) is 0.345. The summed E-state index contributed by atoms with van der Waals surface area (Å²) in [5.74, 6) is -0.0134. The average Bonchev–Trinajstić information content (AvgIpc) is 3.32. The number of hydrogen-bond acceptors (Lipinski definition) is 6. The Morgan fingerprint density at radius 1 is 1.13 bits per heavy atom. The van der Waals surface area contributed by atoms with Crippen molar-refractivity contribution in [1.29, 1.82) is 0 Å². The lowest BCUT2D eigenvalue weighted by Gasteiger charge is -2.34. The maximum atomic E-state index is 12.6. The molecule has 2 amide bonds. The van der Waals surface area contributed by atoms with Gasteiger partial charge in [-0.25, -0.2) is 9.31 Å². The molecule has 1 aliphatic rings. The lowest BCUT2D eigenvalue weighted by Crippen LogP contribution is -2.42. The molecule has 1 saturated heterocycles. The van der Waals surface area contributed by atoms with Gasteiger partial charge in [0.2, 0.25) is 5.91 Å². The molecular weight excluding hydrogens is 480 g/mol. The van der Waals surface area contributed by atoms with E-state index in [1.807, 2.05) is 75.5 Å². The van der Waals surface area contributed by atoms with E-state index >= 15 is 0 Å². The Kier molecular flexibility index (Phi) is 7.09. The molecule has 196 valence electrons. The molecule has 0 spiro atoms. The Bertz CT molecular complexity index is 1440. The van der Waals surface area contributed by atoms with Gasteiger partial charge in [0.25, 0.3) is 0 Å². The molecule has 1 unspecified atom stereocenters. The third-order valence-corrected chi connectivity index (χ3v) is 6.41. The highest BCUT2D eigenvalue weighted by Crippen LogP contribution is 2.30. The second kappa shape index (κ2) is 10.6. The van der Waals surface area contributed by atoms with Crippen LogP contribution < -0.4 is 5.32 Å². The van der Waals surface area contributed by atoms with Crippen molar-refractivity contribution in [2.24, 2.45) is 0 Å². The number of aromatic nitrogens is 4. The second-order valence-electron chi connectivity index (χ2n) is 10.6. The first-order valence-corrected chi connectivity index (χ1v) is 12.9. The predicted octanol–water partition coefficient (Wildman–Crippen LogP) is 5.09. The Morgan fingerprint density at radius 3 is 2.79 bits per heavy atom. The standard InChI is InChI=1S/C29H32N6O3/c1-29(2,3)38-28(37)34-14-7-8-20(19-34)24-10-6-11-25(33-24)23-18-31-35-15-12-22(16-26(23)35)32-27(36)17-21-9-4-5-13-30-21/h4-6,9-13,15-16,18,20H,7-8,14,17,19H2,1-3H3,(H,32,36). The molecule has 0 aliphatic carbocycles. The van der Waals surface area contributed by atoms with E-state index in [1.165, 1.54) is 0 Å². The SMILES string of the molecule is CC(C)(C)OC(=O)N1CCCC(c2cccc(-c3cnn4ccc(NC(=O)Cc5ccccn5)cc34)n2)C1. The lowest BCUT2D eigenvalue weighted by molar-refractivity contribution is -0.115. The molecule has 0 radical (unpaired) electrons. The summed E-state index contributed by atoms with van der Waals surface area (Å²) < 4.78 is 7.35. The number of carbonyl (C=O) groups is 2. The highest BCUT2D eigenvalue weighted by Gasteiger charge is 2.29. The second-order valence-corrected chi connectivity index (χ2v) is 10.6. The number of hydrogen-bond donors (Lipinski definition) is 1. The van der Waals surface area contributed by atoms with E-state index in [2.05, 4.69) is 15.4 Å². The Morgan fingerprint density at radius 2 is 2.00 bits per heavy atom. The van der Waals surface area contributed by atoms with Crippen molar-refractivity contribution in [3.05, 3.63) is 78.5 Å². The minimum Gasteiger partial charge on any atom is -0.444 e. The fourth-order valence-electron chi connectivity index (χ4n) is 4.67. The van der Waals surface area contributed by atoms with Gasteiger partial charge in [0.1, 0.15) is 5.60 Å². The van der Waals surface area contributed by atoms with Crippen LogP contribution in [0.1, 0.15) is 50.9 Å². The van der Waals surface area contributed by atoms with E-state index in [9.17, 15) is 9.59 Å². The molecule has 0 aromatic carbocycles. The number of piperidine rings is 1. The van der Waals surface area contributed by atoms with Crippen molar-refractivity contribution in [2.75, 3.05) is 18.4 Å². The van der Waals surface area contributed by atoms with E-state index in [0.717, 1.165) is 35.3 Å². The monoisotopic (exact) mass is 512 g/mol. The predicted molar refractivity (Wildman–Crippen MR) is 145 cm³/mol. The number of rotatable bonds is 5. The normalized spacial score (nSPS) is 15.9. The summed E-state index contributed by atoms with van der Waals surface area (Å²) in [6, 6.07) is 15.2. The zero-order valence-electron chi connectivity index (χ0n) is 21.9. The fourth-order valence-corrected chi connectivity index (χ4v) is 4.67. The highest BCUT2D eigenvalue weighted by atomic mass is 16.6. The van der Waals surface area contributed by atoms with Gasteiger partial charge in [0.05, 0.1) is 23.8 Å².